The molecule has 1 aliphatic rings. The van der Waals surface area contributed by atoms with Gasteiger partial charge in [-0.05, 0) is 36.2 Å². The molecule has 6 heteroatoms. The lowest BCUT2D eigenvalue weighted by Gasteiger charge is -2.17. The molecular weight excluding hydrogens is 292 g/mol. The second-order valence-corrected chi connectivity index (χ2v) is 5.11. The van der Waals surface area contributed by atoms with Crippen molar-refractivity contribution in [3.63, 3.8) is 0 Å². The van der Waals surface area contributed by atoms with Crippen LogP contribution in [0.2, 0.25) is 5.15 Å². The van der Waals surface area contributed by atoms with Crippen molar-refractivity contribution >= 4 is 29.2 Å². The summed E-state index contributed by atoms with van der Waals surface area (Å²) in [5.74, 6) is -1.22. The molecule has 0 radical (unpaired) electrons. The molecule has 0 atom stereocenters. The molecule has 5 nitrogen and oxygen atoms in total. The molecule has 2 aromatic rings. The molecule has 0 spiro atoms. The largest absolute Gasteiger partial charge is 0.478 e. The smallest absolute Gasteiger partial charge is 0.335 e. The number of pyridine rings is 1. The van der Waals surface area contributed by atoms with Crippen LogP contribution >= 0.6 is 11.6 Å². The normalized spacial score (nSPS) is 13.1. The first kappa shape index (κ1) is 13.6. The first-order chi connectivity index (χ1) is 10.1. The van der Waals surface area contributed by atoms with E-state index in [2.05, 4.69) is 4.98 Å². The number of amides is 1. The minimum absolute atomic E-state index is 0.168. The zero-order valence-electron chi connectivity index (χ0n) is 10.9. The topological polar surface area (TPSA) is 70.5 Å². The predicted molar refractivity (Wildman–Crippen MR) is 78.0 cm³/mol. The van der Waals surface area contributed by atoms with E-state index in [1.54, 1.807) is 23.1 Å². The third-order valence-corrected chi connectivity index (χ3v) is 3.65. The van der Waals surface area contributed by atoms with E-state index in [1.807, 2.05) is 0 Å². The summed E-state index contributed by atoms with van der Waals surface area (Å²) >= 11 is 5.80. The Hall–Kier alpha value is -2.40. The number of carbonyl (C=O) groups excluding carboxylic acids is 1. The summed E-state index contributed by atoms with van der Waals surface area (Å²) in [5.41, 5.74) is 2.21. The van der Waals surface area contributed by atoms with Crippen molar-refractivity contribution in [3.8, 4) is 0 Å². The second kappa shape index (κ2) is 5.18. The van der Waals surface area contributed by atoms with Gasteiger partial charge in [-0.3, -0.25) is 4.79 Å². The number of carboxylic acids is 1. The summed E-state index contributed by atoms with van der Waals surface area (Å²) in [4.78, 5) is 29.0. The molecule has 0 fully saturated rings. The number of hydrogen-bond acceptors (Lipinski definition) is 3. The Balaban J connectivity index is 1.98. The number of anilines is 1. The Labute approximate surface area is 125 Å². The number of rotatable bonds is 2. The number of fused-ring (bicyclic) bond motifs is 1. The lowest BCUT2D eigenvalue weighted by Crippen LogP contribution is -2.29. The van der Waals surface area contributed by atoms with Crippen LogP contribution in [0.5, 0.6) is 0 Å². The van der Waals surface area contributed by atoms with E-state index in [9.17, 15) is 9.59 Å². The predicted octanol–water partition coefficient (Wildman–Crippen LogP) is 2.64. The van der Waals surface area contributed by atoms with Crippen molar-refractivity contribution in [1.82, 2.24) is 4.98 Å². The van der Waals surface area contributed by atoms with Crippen molar-refractivity contribution in [2.45, 2.75) is 6.42 Å². The van der Waals surface area contributed by atoms with Gasteiger partial charge in [-0.1, -0.05) is 17.7 Å². The molecule has 106 valence electrons. The SMILES string of the molecule is O=C(O)c1ccc2c(c1)N(C(=O)c1ccnc(Cl)c1)CC2. The first-order valence-corrected chi connectivity index (χ1v) is 6.73. The number of aromatic nitrogens is 1. The van der Waals surface area contributed by atoms with Gasteiger partial charge in [0.1, 0.15) is 5.15 Å². The van der Waals surface area contributed by atoms with Gasteiger partial charge < -0.3 is 10.0 Å². The quantitative estimate of drug-likeness (QED) is 0.866. The molecule has 0 aliphatic carbocycles. The van der Waals surface area contributed by atoms with Crippen LogP contribution in [0.4, 0.5) is 5.69 Å². The Kier molecular flexibility index (Phi) is 3.35. The standard InChI is InChI=1S/C15H11ClN2O3/c16-13-8-10(3-5-17-13)14(19)18-6-4-9-1-2-11(15(20)21)7-12(9)18/h1-3,5,7-8H,4,6H2,(H,20,21). The Morgan fingerprint density at radius 3 is 2.71 bits per heavy atom. The number of hydrogen-bond donors (Lipinski definition) is 1. The average molecular weight is 303 g/mol. The number of nitrogens with zero attached hydrogens (tertiary/aromatic N) is 2. The van der Waals surface area contributed by atoms with Crippen LogP contribution in [0, 0.1) is 0 Å². The Bertz CT molecular complexity index is 745. The molecule has 0 saturated carbocycles. The summed E-state index contributed by atoms with van der Waals surface area (Å²) in [6.07, 6.45) is 2.18. The molecule has 0 unspecified atom stereocenters. The lowest BCUT2D eigenvalue weighted by molar-refractivity contribution is 0.0696. The van der Waals surface area contributed by atoms with Gasteiger partial charge in [-0.15, -0.1) is 0 Å². The molecule has 1 aliphatic heterocycles. The maximum atomic E-state index is 12.5. The van der Waals surface area contributed by atoms with Crippen LogP contribution in [0.25, 0.3) is 0 Å². The van der Waals surface area contributed by atoms with Gasteiger partial charge in [0.05, 0.1) is 5.56 Å². The van der Waals surface area contributed by atoms with Crippen molar-refractivity contribution in [3.05, 3.63) is 58.4 Å². The second-order valence-electron chi connectivity index (χ2n) is 4.72. The highest BCUT2D eigenvalue weighted by molar-refractivity contribution is 6.29. The van der Waals surface area contributed by atoms with E-state index in [0.29, 0.717) is 24.2 Å². The number of halogens is 1. The number of aromatic carboxylic acids is 1. The number of carboxylic acid groups (broad SMARTS) is 1. The molecule has 1 aromatic carbocycles. The van der Waals surface area contributed by atoms with Crippen LogP contribution < -0.4 is 4.90 Å². The maximum absolute atomic E-state index is 12.5. The maximum Gasteiger partial charge on any atom is 0.335 e. The van der Waals surface area contributed by atoms with E-state index in [0.717, 1.165) is 5.56 Å². The number of carbonyl (C=O) groups is 2. The van der Waals surface area contributed by atoms with Crippen LogP contribution in [-0.4, -0.2) is 28.5 Å². The third kappa shape index (κ3) is 2.48. The third-order valence-electron chi connectivity index (χ3n) is 3.45. The highest BCUT2D eigenvalue weighted by Gasteiger charge is 2.26. The van der Waals surface area contributed by atoms with Gasteiger partial charge in [0.15, 0.2) is 0 Å². The molecule has 1 aromatic heterocycles. The van der Waals surface area contributed by atoms with Crippen LogP contribution in [-0.2, 0) is 6.42 Å². The van der Waals surface area contributed by atoms with E-state index in [4.69, 9.17) is 16.7 Å². The minimum Gasteiger partial charge on any atom is -0.478 e. The van der Waals surface area contributed by atoms with Crippen LogP contribution in [0.15, 0.2) is 36.5 Å². The fourth-order valence-corrected chi connectivity index (χ4v) is 2.59. The van der Waals surface area contributed by atoms with Gasteiger partial charge in [0.2, 0.25) is 0 Å². The van der Waals surface area contributed by atoms with Gasteiger partial charge in [-0.25, -0.2) is 9.78 Å². The molecule has 21 heavy (non-hydrogen) atoms. The summed E-state index contributed by atoms with van der Waals surface area (Å²) in [7, 11) is 0. The monoisotopic (exact) mass is 302 g/mol. The minimum atomic E-state index is -1.01. The highest BCUT2D eigenvalue weighted by atomic mass is 35.5. The summed E-state index contributed by atoms with van der Waals surface area (Å²) < 4.78 is 0. The van der Waals surface area contributed by atoms with E-state index < -0.39 is 5.97 Å². The Morgan fingerprint density at radius 1 is 1.19 bits per heavy atom. The summed E-state index contributed by atoms with van der Waals surface area (Å²) in [6, 6.07) is 7.94. The van der Waals surface area contributed by atoms with E-state index >= 15 is 0 Å². The molecule has 1 amide bonds. The van der Waals surface area contributed by atoms with Crippen molar-refractivity contribution < 1.29 is 14.7 Å². The lowest BCUT2D eigenvalue weighted by atomic mass is 10.1. The van der Waals surface area contributed by atoms with Crippen LogP contribution in [0.1, 0.15) is 26.3 Å². The van der Waals surface area contributed by atoms with E-state index in [1.165, 1.54) is 18.3 Å². The molecule has 2 heterocycles. The van der Waals surface area contributed by atoms with Crippen molar-refractivity contribution in [2.24, 2.45) is 0 Å². The number of benzene rings is 1. The summed E-state index contributed by atoms with van der Waals surface area (Å²) in [6.45, 7) is 0.525. The fraction of sp³-hybridized carbons (Fsp3) is 0.133. The molecule has 1 N–H and O–H groups in total. The molecule has 3 rings (SSSR count). The molecule has 0 bridgehead atoms. The molecule has 0 saturated heterocycles. The van der Waals surface area contributed by atoms with Gasteiger partial charge in [0, 0.05) is 24.0 Å². The summed E-state index contributed by atoms with van der Waals surface area (Å²) in [5, 5.41) is 9.31. The van der Waals surface area contributed by atoms with Gasteiger partial charge in [0.25, 0.3) is 5.91 Å². The van der Waals surface area contributed by atoms with E-state index in [-0.39, 0.29) is 16.6 Å². The highest BCUT2D eigenvalue weighted by Crippen LogP contribution is 2.30. The van der Waals surface area contributed by atoms with Gasteiger partial charge in [-0.2, -0.15) is 0 Å². The Morgan fingerprint density at radius 2 is 2.00 bits per heavy atom. The zero-order chi connectivity index (χ0) is 15.0. The molecular formula is C15H11ClN2O3. The van der Waals surface area contributed by atoms with Crippen LogP contribution in [0.3, 0.4) is 0 Å². The zero-order valence-corrected chi connectivity index (χ0v) is 11.7. The van der Waals surface area contributed by atoms with Gasteiger partial charge >= 0.3 is 5.97 Å². The first-order valence-electron chi connectivity index (χ1n) is 6.36. The average Bonchev–Trinajstić information content (AvgIpc) is 2.89. The van der Waals surface area contributed by atoms with Crippen molar-refractivity contribution in [2.75, 3.05) is 11.4 Å². The van der Waals surface area contributed by atoms with Crippen molar-refractivity contribution in [1.29, 1.82) is 0 Å². The fourth-order valence-electron chi connectivity index (χ4n) is 2.41.